The Morgan fingerprint density at radius 1 is 1.57 bits per heavy atom. The van der Waals surface area contributed by atoms with Crippen LogP contribution in [0, 0.1) is 0 Å². The van der Waals surface area contributed by atoms with E-state index in [1.165, 1.54) is 5.56 Å². The van der Waals surface area contributed by atoms with Crippen molar-refractivity contribution in [1.29, 1.82) is 0 Å². The molecule has 0 saturated carbocycles. The highest BCUT2D eigenvalue weighted by molar-refractivity contribution is 7.08. The Balaban J connectivity index is 2.31. The first-order valence-corrected chi connectivity index (χ1v) is 5.22. The normalized spacial score (nSPS) is 13.0. The molecule has 0 aliphatic heterocycles. The van der Waals surface area contributed by atoms with Gasteiger partial charge in [0.1, 0.15) is 0 Å². The molecule has 1 unspecified atom stereocenters. The molecule has 2 rings (SSSR count). The molecule has 0 aromatic carbocycles. The molecular formula is C9H12N4S. The Bertz CT molecular complexity index is 393. The molecule has 5 heteroatoms. The van der Waals surface area contributed by atoms with E-state index >= 15 is 0 Å². The average Bonchev–Trinajstić information content (AvgIpc) is 2.79. The smallest absolute Gasteiger partial charge is 0.0748 e. The molecule has 0 radical (unpaired) electrons. The maximum absolute atomic E-state index is 5.52. The minimum Gasteiger partial charge on any atom is -0.275 e. The van der Waals surface area contributed by atoms with Gasteiger partial charge in [0.15, 0.2) is 0 Å². The van der Waals surface area contributed by atoms with Crippen molar-refractivity contribution in [3.05, 3.63) is 40.3 Å². The molecular weight excluding hydrogens is 196 g/mol. The number of nitrogens with one attached hydrogen (secondary N) is 1. The highest BCUT2D eigenvalue weighted by Crippen LogP contribution is 2.22. The van der Waals surface area contributed by atoms with Crippen LogP contribution in [0.3, 0.4) is 0 Å². The van der Waals surface area contributed by atoms with E-state index in [-0.39, 0.29) is 6.04 Å². The minimum atomic E-state index is 0.0370. The van der Waals surface area contributed by atoms with Gasteiger partial charge in [-0.25, -0.2) is 5.43 Å². The third-order valence-corrected chi connectivity index (χ3v) is 2.80. The number of thiophene rings is 1. The molecule has 0 saturated heterocycles. The Hall–Kier alpha value is -1.17. The molecule has 0 bridgehead atoms. The van der Waals surface area contributed by atoms with Crippen molar-refractivity contribution in [3.8, 4) is 0 Å². The van der Waals surface area contributed by atoms with Gasteiger partial charge in [-0.15, -0.1) is 0 Å². The fraction of sp³-hybridized carbons (Fsp3) is 0.222. The van der Waals surface area contributed by atoms with Gasteiger partial charge in [0.25, 0.3) is 0 Å². The van der Waals surface area contributed by atoms with Crippen LogP contribution < -0.4 is 11.3 Å². The zero-order valence-corrected chi connectivity index (χ0v) is 8.66. The highest BCUT2D eigenvalue weighted by Gasteiger charge is 2.13. The van der Waals surface area contributed by atoms with Gasteiger partial charge < -0.3 is 0 Å². The summed E-state index contributed by atoms with van der Waals surface area (Å²) in [5.74, 6) is 5.52. The second kappa shape index (κ2) is 3.91. The van der Waals surface area contributed by atoms with Gasteiger partial charge in [0.2, 0.25) is 0 Å². The average molecular weight is 208 g/mol. The lowest BCUT2D eigenvalue weighted by molar-refractivity contribution is 0.637. The first kappa shape index (κ1) is 9.39. The zero-order chi connectivity index (χ0) is 9.97. The van der Waals surface area contributed by atoms with E-state index in [2.05, 4.69) is 22.0 Å². The summed E-state index contributed by atoms with van der Waals surface area (Å²) in [4.78, 5) is 0. The van der Waals surface area contributed by atoms with Crippen molar-refractivity contribution in [1.82, 2.24) is 15.2 Å². The third kappa shape index (κ3) is 1.70. The van der Waals surface area contributed by atoms with E-state index in [4.69, 9.17) is 5.84 Å². The molecule has 4 nitrogen and oxygen atoms in total. The van der Waals surface area contributed by atoms with Crippen LogP contribution in [0.1, 0.15) is 17.2 Å². The molecule has 14 heavy (non-hydrogen) atoms. The molecule has 2 heterocycles. The van der Waals surface area contributed by atoms with Gasteiger partial charge in [0.05, 0.1) is 12.2 Å². The molecule has 2 aromatic rings. The topological polar surface area (TPSA) is 55.9 Å². The largest absolute Gasteiger partial charge is 0.275 e. The molecule has 0 amide bonds. The third-order valence-electron chi connectivity index (χ3n) is 2.10. The molecule has 0 spiro atoms. The fourth-order valence-electron chi connectivity index (χ4n) is 1.41. The van der Waals surface area contributed by atoms with E-state index in [9.17, 15) is 0 Å². The summed E-state index contributed by atoms with van der Waals surface area (Å²) in [5.41, 5.74) is 5.04. The van der Waals surface area contributed by atoms with E-state index in [0.29, 0.717) is 0 Å². The van der Waals surface area contributed by atoms with E-state index in [1.807, 2.05) is 24.8 Å². The first-order valence-electron chi connectivity index (χ1n) is 4.28. The molecule has 1 atom stereocenters. The van der Waals surface area contributed by atoms with Crippen molar-refractivity contribution in [2.75, 3.05) is 0 Å². The summed E-state index contributed by atoms with van der Waals surface area (Å²) in [7, 11) is 1.89. The van der Waals surface area contributed by atoms with E-state index in [0.717, 1.165) is 5.56 Å². The minimum absolute atomic E-state index is 0.0370. The molecule has 2 aromatic heterocycles. The highest BCUT2D eigenvalue weighted by atomic mass is 32.1. The molecule has 0 aliphatic rings. The van der Waals surface area contributed by atoms with Gasteiger partial charge >= 0.3 is 0 Å². The number of aromatic nitrogens is 2. The summed E-state index contributed by atoms with van der Waals surface area (Å²) in [6.45, 7) is 0. The molecule has 0 fully saturated rings. The number of hydrogen-bond donors (Lipinski definition) is 2. The van der Waals surface area contributed by atoms with Crippen LogP contribution in [0.15, 0.2) is 29.2 Å². The monoisotopic (exact) mass is 208 g/mol. The lowest BCUT2D eigenvalue weighted by Crippen LogP contribution is -2.28. The summed E-state index contributed by atoms with van der Waals surface area (Å²) in [6.07, 6.45) is 3.78. The quantitative estimate of drug-likeness (QED) is 0.585. The van der Waals surface area contributed by atoms with Crippen molar-refractivity contribution in [2.24, 2.45) is 12.9 Å². The van der Waals surface area contributed by atoms with Crippen LogP contribution in [0.25, 0.3) is 0 Å². The summed E-state index contributed by atoms with van der Waals surface area (Å²) < 4.78 is 1.77. The van der Waals surface area contributed by atoms with Crippen LogP contribution in [-0.2, 0) is 7.05 Å². The van der Waals surface area contributed by atoms with E-state index < -0.39 is 0 Å². The van der Waals surface area contributed by atoms with Crippen LogP contribution in [-0.4, -0.2) is 9.78 Å². The SMILES string of the molecule is Cn1cc(C(NN)c2ccsc2)cn1. The Kier molecular flexibility index (Phi) is 2.62. The van der Waals surface area contributed by atoms with Crippen molar-refractivity contribution >= 4 is 11.3 Å². The van der Waals surface area contributed by atoms with Crippen molar-refractivity contribution in [2.45, 2.75) is 6.04 Å². The van der Waals surface area contributed by atoms with Crippen LogP contribution in [0.4, 0.5) is 0 Å². The lowest BCUT2D eigenvalue weighted by atomic mass is 10.1. The van der Waals surface area contributed by atoms with Crippen LogP contribution >= 0.6 is 11.3 Å². The van der Waals surface area contributed by atoms with Gasteiger partial charge in [0, 0.05) is 18.8 Å². The fourth-order valence-corrected chi connectivity index (χ4v) is 2.10. The lowest BCUT2D eigenvalue weighted by Gasteiger charge is -2.11. The Labute approximate surface area is 86.3 Å². The zero-order valence-electron chi connectivity index (χ0n) is 7.84. The predicted octanol–water partition coefficient (Wildman–Crippen LogP) is 1.03. The number of nitrogens with zero attached hydrogens (tertiary/aromatic N) is 2. The number of nitrogens with two attached hydrogens (primary N) is 1. The maximum Gasteiger partial charge on any atom is 0.0748 e. The molecule has 0 aliphatic carbocycles. The van der Waals surface area contributed by atoms with Crippen molar-refractivity contribution in [3.63, 3.8) is 0 Å². The summed E-state index contributed by atoms with van der Waals surface area (Å²) in [5, 5.41) is 8.24. The standard InChI is InChI=1S/C9H12N4S/c1-13-5-8(4-11-13)9(12-10)7-2-3-14-6-7/h2-6,9,12H,10H2,1H3. The van der Waals surface area contributed by atoms with Gasteiger partial charge in [-0.3, -0.25) is 10.5 Å². The van der Waals surface area contributed by atoms with Gasteiger partial charge in [-0.2, -0.15) is 16.4 Å². The van der Waals surface area contributed by atoms with E-state index in [1.54, 1.807) is 16.0 Å². The van der Waals surface area contributed by atoms with Gasteiger partial charge in [-0.1, -0.05) is 0 Å². The maximum atomic E-state index is 5.52. The Morgan fingerprint density at radius 2 is 2.43 bits per heavy atom. The second-order valence-corrected chi connectivity index (χ2v) is 3.88. The summed E-state index contributed by atoms with van der Waals surface area (Å²) >= 11 is 1.66. The Morgan fingerprint density at radius 3 is 2.93 bits per heavy atom. The first-order chi connectivity index (χ1) is 6.81. The molecule has 74 valence electrons. The van der Waals surface area contributed by atoms with Gasteiger partial charge in [-0.05, 0) is 22.4 Å². The number of aryl methyl sites for hydroxylation is 1. The summed E-state index contributed by atoms with van der Waals surface area (Å²) in [6, 6.07) is 2.09. The van der Waals surface area contributed by atoms with Crippen LogP contribution in [0.5, 0.6) is 0 Å². The number of rotatable bonds is 3. The van der Waals surface area contributed by atoms with Crippen LogP contribution in [0.2, 0.25) is 0 Å². The van der Waals surface area contributed by atoms with Crippen molar-refractivity contribution < 1.29 is 0 Å². The number of hydrazine groups is 1. The molecule has 3 N–H and O–H groups in total. The second-order valence-electron chi connectivity index (χ2n) is 3.10. The number of hydrogen-bond acceptors (Lipinski definition) is 4. The predicted molar refractivity (Wildman–Crippen MR) is 56.7 cm³/mol.